The third-order valence-electron chi connectivity index (χ3n) is 19.0. The fraction of sp³-hybridized carbons (Fsp3) is 0.500. The third kappa shape index (κ3) is 20.9. The minimum Gasteiger partial charge on any atom is -0.258 e. The Morgan fingerprint density at radius 2 is 0.221 bits per heavy atom. The second-order valence-electron chi connectivity index (χ2n) is 24.1. The zero-order chi connectivity index (χ0) is 67.0. The molecule has 0 bridgehead atoms. The number of aryl methyl sites for hydroxylation is 16. The summed E-state index contributed by atoms with van der Waals surface area (Å²) >= 11 is 0. The molecule has 0 aliphatic heterocycles. The predicted molar refractivity (Wildman–Crippen MR) is 369 cm³/mol. The van der Waals surface area contributed by atoms with Crippen LogP contribution in [0, 0.1) is 263 Å². The summed E-state index contributed by atoms with van der Waals surface area (Å²) in [6.07, 6.45) is 0. The van der Waals surface area contributed by atoms with Crippen molar-refractivity contribution in [1.29, 1.82) is 0 Å². The van der Waals surface area contributed by atoms with Crippen molar-refractivity contribution in [1.82, 2.24) is 50.1 Å². The summed E-state index contributed by atoms with van der Waals surface area (Å²) in [5.41, 5.74) is 45.6. The lowest BCUT2D eigenvalue weighted by Gasteiger charge is -2.15. The van der Waals surface area contributed by atoms with Crippen molar-refractivity contribution in [3.8, 4) is 0 Å². The molecule has 0 fully saturated rings. The van der Waals surface area contributed by atoms with E-state index < -0.39 is 0 Å². The van der Waals surface area contributed by atoms with Crippen LogP contribution >= 0.6 is 0 Å². The highest BCUT2D eigenvalue weighted by atomic mass is 15.1. The lowest BCUT2D eigenvalue weighted by molar-refractivity contribution is 0.905. The minimum atomic E-state index is 0.862. The van der Waals surface area contributed by atoms with Gasteiger partial charge in [-0.05, 0) is 385 Å². The van der Waals surface area contributed by atoms with Gasteiger partial charge < -0.3 is 0 Å². The van der Waals surface area contributed by atoms with Gasteiger partial charge in [0.2, 0.25) is 0 Å². The van der Waals surface area contributed by atoms with E-state index in [1.807, 2.05) is 96.9 Å². The van der Waals surface area contributed by atoms with Crippen molar-refractivity contribution >= 4 is 0 Å². The van der Waals surface area contributed by atoms with Crippen LogP contribution in [-0.4, -0.2) is 50.1 Å². The summed E-state index contributed by atoms with van der Waals surface area (Å²) < 4.78 is 0. The molecule has 8 aromatic rings. The van der Waals surface area contributed by atoms with Gasteiger partial charge in [0.1, 0.15) is 11.6 Å². The molecule has 0 radical (unpaired) electrons. The summed E-state index contributed by atoms with van der Waals surface area (Å²) in [7, 11) is 0. The smallest absolute Gasteiger partial charge is 0.125 e. The number of benzene rings is 2. The summed E-state index contributed by atoms with van der Waals surface area (Å²) in [4.78, 5) is 34.4. The van der Waals surface area contributed by atoms with Crippen LogP contribution < -0.4 is 0 Å². The largest absolute Gasteiger partial charge is 0.258 e. The molecule has 468 valence electrons. The van der Waals surface area contributed by atoms with Gasteiger partial charge in [-0.1, -0.05) is 0 Å². The molecule has 2 aromatic carbocycles. The Bertz CT molecular complexity index is 3100. The molecule has 0 aliphatic rings. The van der Waals surface area contributed by atoms with E-state index in [-0.39, 0.29) is 0 Å². The number of hydrogen-bond acceptors (Lipinski definition) is 10. The number of rotatable bonds is 0. The van der Waals surface area contributed by atoms with Crippen molar-refractivity contribution in [3.63, 3.8) is 0 Å². The summed E-state index contributed by atoms with van der Waals surface area (Å²) in [6.45, 7) is 79.6. The molecule has 0 spiro atoms. The fourth-order valence-corrected chi connectivity index (χ4v) is 9.41. The molecule has 0 atom stereocenters. The average molecular weight is 1170 g/mol. The van der Waals surface area contributed by atoms with Crippen LogP contribution in [0.3, 0.4) is 0 Å². The molecule has 86 heavy (non-hydrogen) atoms. The Balaban J connectivity index is 0.000000492. The van der Waals surface area contributed by atoms with Crippen molar-refractivity contribution in [3.05, 3.63) is 214 Å². The van der Waals surface area contributed by atoms with E-state index in [2.05, 4.69) is 216 Å². The zero-order valence-corrected chi connectivity index (χ0v) is 61.5. The number of nitrogens with zero attached hydrogens (tertiary/aromatic N) is 10. The normalized spacial score (nSPS) is 10.2. The molecule has 0 unspecified atom stereocenters. The molecule has 6 aromatic heterocycles. The third-order valence-corrected chi connectivity index (χ3v) is 19.0. The van der Waals surface area contributed by atoms with Gasteiger partial charge >= 0.3 is 0 Å². The first kappa shape index (κ1) is 77.1. The van der Waals surface area contributed by atoms with Crippen LogP contribution in [0.1, 0.15) is 214 Å². The second kappa shape index (κ2) is 33.8. The number of aromatic nitrogens is 10. The quantitative estimate of drug-likeness (QED) is 0.145. The van der Waals surface area contributed by atoms with Crippen LogP contribution in [0.2, 0.25) is 0 Å². The zero-order valence-electron chi connectivity index (χ0n) is 61.5. The molecule has 0 saturated carbocycles. The average Bonchev–Trinajstić information content (AvgIpc) is 3.22. The van der Waals surface area contributed by atoms with E-state index in [1.54, 1.807) is 0 Å². The van der Waals surface area contributed by atoms with Crippen LogP contribution in [-0.2, 0) is 0 Å². The van der Waals surface area contributed by atoms with Crippen LogP contribution in [0.4, 0.5) is 0 Å². The molecule has 0 amide bonds. The Hall–Kier alpha value is -6.94. The van der Waals surface area contributed by atoms with Gasteiger partial charge in [0.15, 0.2) is 0 Å². The molecule has 10 heteroatoms. The maximum atomic E-state index is 4.43. The van der Waals surface area contributed by atoms with Crippen molar-refractivity contribution in [2.75, 3.05) is 0 Å². The first-order valence-corrected chi connectivity index (χ1v) is 30.5. The summed E-state index contributed by atoms with van der Waals surface area (Å²) in [6, 6.07) is 0. The lowest BCUT2D eigenvalue weighted by atomic mass is 9.90. The second-order valence-corrected chi connectivity index (χ2v) is 24.1. The Kier molecular flexibility index (Phi) is 30.3. The highest BCUT2D eigenvalue weighted by Crippen LogP contribution is 2.26. The molecule has 0 saturated heterocycles. The minimum absolute atomic E-state index is 0.862. The first-order valence-electron chi connectivity index (χ1n) is 30.5. The van der Waals surface area contributed by atoms with Crippen LogP contribution in [0.25, 0.3) is 0 Å². The molecule has 0 aliphatic carbocycles. The van der Waals surface area contributed by atoms with E-state index in [0.29, 0.717) is 0 Å². The molecule has 0 N–H and O–H groups in total. The number of pyridine rings is 2. The van der Waals surface area contributed by atoms with Crippen molar-refractivity contribution in [2.24, 2.45) is 0 Å². The molecule has 10 nitrogen and oxygen atoms in total. The Morgan fingerprint density at radius 3 is 0.384 bits per heavy atom. The Labute approximate surface area is 524 Å². The predicted octanol–water partition coefficient (Wildman–Crippen LogP) is 19.2. The maximum Gasteiger partial charge on any atom is 0.125 e. The van der Waals surface area contributed by atoms with Gasteiger partial charge in [0.25, 0.3) is 0 Å². The van der Waals surface area contributed by atoms with E-state index in [9.17, 15) is 0 Å². The van der Waals surface area contributed by atoms with Gasteiger partial charge in [-0.3, -0.25) is 19.9 Å². The first-order chi connectivity index (χ1) is 39.5. The molecular weight excluding hydrogens is 1050 g/mol. The van der Waals surface area contributed by atoms with Gasteiger partial charge in [-0.25, -0.2) is 19.9 Å². The topological polar surface area (TPSA) is 129 Å². The van der Waals surface area contributed by atoms with E-state index in [4.69, 9.17) is 0 Å². The SMILES string of the molecule is Cc1c(C)c(C)c(C)c(C)c1C.Cc1c(C)c(C)c(C)c(C)c1C.Cc1nc(C)c(C)c(C)c1C.Cc1nc(C)c(C)c(C)c1C.Cc1nc(C)c(C)c(C)n1.Cc1nc(C)c(C)c(C)n1.Cc1nc(C)c(C)nc1C.Cc1nnc(C)c(C)c1C. The van der Waals surface area contributed by atoms with Gasteiger partial charge in [0, 0.05) is 45.6 Å². The Morgan fingerprint density at radius 1 is 0.105 bits per heavy atom. The van der Waals surface area contributed by atoms with E-state index in [1.165, 1.54) is 122 Å². The summed E-state index contributed by atoms with van der Waals surface area (Å²) in [5.74, 6) is 1.72. The van der Waals surface area contributed by atoms with E-state index in [0.717, 1.165) is 91.4 Å². The fourth-order valence-electron chi connectivity index (χ4n) is 9.41. The standard InChI is InChI=1S/2C12H18.2C10H15N.4C8H12N2/c2*1-7-8(2)10(4)12(6)11(5)9(7)3;2*1-6-7(2)9(4)11-10(5)8(6)3;1-5-6(2)10-8(4)7(3)9-5;2*1-5-6(2)9-8(4)10-7(5)3;1-5-6(2)8(4)10-9-7(5)3/h2*1-6H3;2*1-5H3;4*1-4H3. The van der Waals surface area contributed by atoms with Crippen LogP contribution in [0.5, 0.6) is 0 Å². The maximum absolute atomic E-state index is 4.43. The molecule has 8 rings (SSSR count). The van der Waals surface area contributed by atoms with Crippen LogP contribution in [0.15, 0.2) is 0 Å². The van der Waals surface area contributed by atoms with Gasteiger partial charge in [0.05, 0.1) is 34.2 Å². The van der Waals surface area contributed by atoms with Crippen molar-refractivity contribution in [2.45, 2.75) is 263 Å². The molecular formula is C76H114N10. The highest BCUT2D eigenvalue weighted by molar-refractivity contribution is 5.50. The number of hydrogen-bond donors (Lipinski definition) is 0. The van der Waals surface area contributed by atoms with E-state index >= 15 is 0 Å². The monoisotopic (exact) mass is 1170 g/mol. The lowest BCUT2D eigenvalue weighted by Crippen LogP contribution is -1.98. The van der Waals surface area contributed by atoms with Gasteiger partial charge in [-0.15, -0.1) is 0 Å². The van der Waals surface area contributed by atoms with Crippen molar-refractivity contribution < 1.29 is 0 Å². The highest BCUT2D eigenvalue weighted by Gasteiger charge is 2.11. The summed E-state index contributed by atoms with van der Waals surface area (Å²) in [5, 5.41) is 7.98. The molecule has 6 heterocycles. The van der Waals surface area contributed by atoms with Gasteiger partial charge in [-0.2, -0.15) is 10.2 Å².